The highest BCUT2D eigenvalue weighted by atomic mass is 16.6. The maximum atomic E-state index is 12.8. The van der Waals surface area contributed by atoms with Crippen LogP contribution in [-0.4, -0.2) is 72.8 Å². The molecule has 3 aliphatic heterocycles. The van der Waals surface area contributed by atoms with Gasteiger partial charge in [-0.25, -0.2) is 14.5 Å². The first-order valence-electron chi connectivity index (χ1n) is 8.10. The quantitative estimate of drug-likeness (QED) is 0.415. The third kappa shape index (κ3) is 3.06. The summed E-state index contributed by atoms with van der Waals surface area (Å²) in [5, 5.41) is 0. The Kier molecular flexibility index (Phi) is 4.65. The fraction of sp³-hybridized carbons (Fsp3) is 0.625. The average molecular weight is 352 g/mol. The van der Waals surface area contributed by atoms with Gasteiger partial charge in [0.15, 0.2) is 0 Å². The summed E-state index contributed by atoms with van der Waals surface area (Å²) in [5.41, 5.74) is 0. The van der Waals surface area contributed by atoms with Crippen LogP contribution in [0.25, 0.3) is 0 Å². The number of carbonyl (C=O) groups is 4. The van der Waals surface area contributed by atoms with Crippen molar-refractivity contribution in [3.8, 4) is 0 Å². The predicted molar refractivity (Wildman–Crippen MR) is 82.3 cm³/mol. The standard InChI is InChI=1S/C16H20N2O7/c1-9(19)25-8-13-10-3-4-12(18(13)16(22)23-2)11(7-10)14(20)17-5-6-24-15(17)21/h3-4,10-13H,5-8H2,1-2H3/t10-,11-,12+,13-/m1/s1. The third-order valence-corrected chi connectivity index (χ3v) is 4.85. The highest BCUT2D eigenvalue weighted by molar-refractivity contribution is 5.95. The molecule has 2 fully saturated rings. The van der Waals surface area contributed by atoms with Crippen molar-refractivity contribution in [3.05, 3.63) is 12.2 Å². The number of rotatable bonds is 3. The molecular weight excluding hydrogens is 332 g/mol. The first kappa shape index (κ1) is 17.2. The van der Waals surface area contributed by atoms with Crippen molar-refractivity contribution < 1.29 is 33.4 Å². The minimum absolute atomic E-state index is 0.0304. The Hall–Kier alpha value is -2.58. The highest BCUT2D eigenvalue weighted by Gasteiger charge is 2.51. The molecule has 4 aliphatic rings. The molecule has 0 aromatic rings. The second-order valence-corrected chi connectivity index (χ2v) is 6.23. The van der Waals surface area contributed by atoms with Crippen molar-refractivity contribution in [3.63, 3.8) is 0 Å². The van der Waals surface area contributed by atoms with Crippen LogP contribution in [0.3, 0.4) is 0 Å². The summed E-state index contributed by atoms with van der Waals surface area (Å²) >= 11 is 0. The smallest absolute Gasteiger partial charge is 0.416 e. The summed E-state index contributed by atoms with van der Waals surface area (Å²) in [7, 11) is 1.26. The molecular formula is C16H20N2O7. The van der Waals surface area contributed by atoms with Gasteiger partial charge >= 0.3 is 18.2 Å². The molecule has 4 atom stereocenters. The van der Waals surface area contributed by atoms with Gasteiger partial charge < -0.3 is 14.2 Å². The fourth-order valence-electron chi connectivity index (χ4n) is 3.71. The molecule has 136 valence electrons. The van der Waals surface area contributed by atoms with E-state index in [4.69, 9.17) is 14.2 Å². The number of esters is 1. The molecule has 2 bridgehead atoms. The van der Waals surface area contributed by atoms with Crippen LogP contribution in [0.4, 0.5) is 9.59 Å². The van der Waals surface area contributed by atoms with Gasteiger partial charge in [0, 0.05) is 12.8 Å². The van der Waals surface area contributed by atoms with Gasteiger partial charge in [-0.15, -0.1) is 0 Å². The van der Waals surface area contributed by atoms with E-state index < -0.39 is 36.2 Å². The largest absolute Gasteiger partial charge is 0.464 e. The van der Waals surface area contributed by atoms with Gasteiger partial charge in [0.05, 0.1) is 31.7 Å². The Bertz CT molecular complexity index is 632. The Balaban J connectivity index is 1.83. The van der Waals surface area contributed by atoms with E-state index in [1.165, 1.54) is 18.9 Å². The summed E-state index contributed by atoms with van der Waals surface area (Å²) in [4.78, 5) is 50.4. The lowest BCUT2D eigenvalue weighted by atomic mass is 9.73. The number of nitrogens with zero attached hydrogens (tertiary/aromatic N) is 2. The van der Waals surface area contributed by atoms with E-state index in [0.29, 0.717) is 6.42 Å². The number of methoxy groups -OCH3 is 1. The second-order valence-electron chi connectivity index (χ2n) is 6.23. The third-order valence-electron chi connectivity index (χ3n) is 4.85. The zero-order chi connectivity index (χ0) is 18.1. The van der Waals surface area contributed by atoms with Crippen molar-refractivity contribution in [1.82, 2.24) is 9.80 Å². The molecule has 0 aromatic carbocycles. The molecule has 3 heterocycles. The van der Waals surface area contributed by atoms with Crippen LogP contribution in [0.2, 0.25) is 0 Å². The molecule has 9 heteroatoms. The van der Waals surface area contributed by atoms with Gasteiger partial charge in [-0.2, -0.15) is 0 Å². The summed E-state index contributed by atoms with van der Waals surface area (Å²) in [5.74, 6) is -1.53. The van der Waals surface area contributed by atoms with E-state index in [2.05, 4.69) is 0 Å². The molecule has 0 aromatic heterocycles. The lowest BCUT2D eigenvalue weighted by molar-refractivity contribution is -0.147. The van der Waals surface area contributed by atoms with Gasteiger partial charge in [0.2, 0.25) is 5.91 Å². The zero-order valence-corrected chi connectivity index (χ0v) is 14.0. The fourth-order valence-corrected chi connectivity index (χ4v) is 3.71. The minimum Gasteiger partial charge on any atom is -0.464 e. The molecule has 4 rings (SSSR count). The Morgan fingerprint density at radius 1 is 1.32 bits per heavy atom. The van der Waals surface area contributed by atoms with Gasteiger partial charge in [-0.3, -0.25) is 14.5 Å². The van der Waals surface area contributed by atoms with E-state index in [9.17, 15) is 19.2 Å². The second kappa shape index (κ2) is 6.73. The van der Waals surface area contributed by atoms with E-state index in [1.54, 1.807) is 6.08 Å². The maximum Gasteiger partial charge on any atom is 0.416 e. The molecule has 3 amide bonds. The summed E-state index contributed by atoms with van der Waals surface area (Å²) in [6, 6.07) is -0.958. The zero-order valence-electron chi connectivity index (χ0n) is 14.0. The van der Waals surface area contributed by atoms with E-state index in [1.807, 2.05) is 6.08 Å². The number of cyclic esters (lactones) is 1. The number of imide groups is 1. The monoisotopic (exact) mass is 352 g/mol. The van der Waals surface area contributed by atoms with Crippen LogP contribution >= 0.6 is 0 Å². The van der Waals surface area contributed by atoms with Crippen molar-refractivity contribution in [2.75, 3.05) is 26.9 Å². The van der Waals surface area contributed by atoms with Crippen LogP contribution in [0, 0.1) is 11.8 Å². The van der Waals surface area contributed by atoms with Gasteiger partial charge in [0.25, 0.3) is 0 Å². The summed E-state index contributed by atoms with van der Waals surface area (Å²) in [6.45, 7) is 1.72. The first-order valence-corrected chi connectivity index (χ1v) is 8.10. The van der Waals surface area contributed by atoms with Crippen LogP contribution < -0.4 is 0 Å². The molecule has 0 unspecified atom stereocenters. The Labute approximate surface area is 144 Å². The predicted octanol–water partition coefficient (Wildman–Crippen LogP) is 0.540. The minimum atomic E-state index is -0.656. The van der Waals surface area contributed by atoms with Crippen LogP contribution in [0.5, 0.6) is 0 Å². The molecule has 2 saturated heterocycles. The molecule has 0 saturated carbocycles. The van der Waals surface area contributed by atoms with Gasteiger partial charge in [0.1, 0.15) is 13.2 Å². The molecule has 0 radical (unpaired) electrons. The van der Waals surface area contributed by atoms with Gasteiger partial charge in [-0.1, -0.05) is 12.2 Å². The lowest BCUT2D eigenvalue weighted by Gasteiger charge is -2.50. The van der Waals surface area contributed by atoms with Crippen LogP contribution in [-0.2, 0) is 23.8 Å². The van der Waals surface area contributed by atoms with Crippen molar-refractivity contribution >= 4 is 24.1 Å². The SMILES string of the molecule is COC(=O)N1[C@H](COC(C)=O)[C@@H]2C=C[C@H]1[C@H](C(=O)N1CCOC1=O)C2. The van der Waals surface area contributed by atoms with Crippen LogP contribution in [0.15, 0.2) is 12.2 Å². The number of hydrogen-bond donors (Lipinski definition) is 0. The van der Waals surface area contributed by atoms with Crippen molar-refractivity contribution in [2.24, 2.45) is 11.8 Å². The number of ether oxygens (including phenoxy) is 3. The van der Waals surface area contributed by atoms with Crippen molar-refractivity contribution in [1.29, 1.82) is 0 Å². The van der Waals surface area contributed by atoms with E-state index in [0.717, 1.165) is 4.90 Å². The highest BCUT2D eigenvalue weighted by Crippen LogP contribution is 2.40. The molecule has 25 heavy (non-hydrogen) atoms. The number of piperidine rings is 1. The molecule has 0 N–H and O–H groups in total. The average Bonchev–Trinajstić information content (AvgIpc) is 3.04. The van der Waals surface area contributed by atoms with Crippen molar-refractivity contribution in [2.45, 2.75) is 25.4 Å². The number of hydrogen-bond acceptors (Lipinski definition) is 7. The Morgan fingerprint density at radius 2 is 2.08 bits per heavy atom. The summed E-state index contributed by atoms with van der Waals surface area (Å²) < 4.78 is 14.8. The number of carbonyl (C=O) groups excluding carboxylic acids is 4. The van der Waals surface area contributed by atoms with Gasteiger partial charge in [-0.05, 0) is 6.42 Å². The number of amides is 3. The lowest BCUT2D eigenvalue weighted by Crippen LogP contribution is -2.63. The molecule has 0 spiro atoms. The summed E-state index contributed by atoms with van der Waals surface area (Å²) in [6.07, 6.45) is 2.90. The Morgan fingerprint density at radius 3 is 2.68 bits per heavy atom. The first-order chi connectivity index (χ1) is 11.9. The molecule has 1 aliphatic carbocycles. The topological polar surface area (TPSA) is 102 Å². The maximum absolute atomic E-state index is 12.8. The normalized spacial score (nSPS) is 30.2. The van der Waals surface area contributed by atoms with E-state index >= 15 is 0 Å². The number of fused-ring (bicyclic) bond motifs is 2. The van der Waals surface area contributed by atoms with Crippen LogP contribution in [0.1, 0.15) is 13.3 Å². The van der Waals surface area contributed by atoms with E-state index in [-0.39, 0.29) is 31.6 Å². The molecule has 9 nitrogen and oxygen atoms in total.